The highest BCUT2D eigenvalue weighted by Crippen LogP contribution is 2.16. The molecule has 126 valence electrons. The van der Waals surface area contributed by atoms with Gasteiger partial charge in [-0.2, -0.15) is 0 Å². The van der Waals surface area contributed by atoms with Gasteiger partial charge >= 0.3 is 5.97 Å². The van der Waals surface area contributed by atoms with E-state index in [1.165, 1.54) is 31.2 Å². The van der Waals surface area contributed by atoms with Gasteiger partial charge in [0.1, 0.15) is 11.6 Å². The Labute approximate surface area is 139 Å². The van der Waals surface area contributed by atoms with E-state index in [1.807, 2.05) is 19.1 Å². The number of anilines is 1. The highest BCUT2D eigenvalue weighted by atomic mass is 19.1. The molecule has 0 spiro atoms. The quantitative estimate of drug-likeness (QED) is 0.826. The van der Waals surface area contributed by atoms with Crippen molar-refractivity contribution in [3.05, 3.63) is 59.9 Å². The van der Waals surface area contributed by atoms with Crippen LogP contribution in [0.2, 0.25) is 0 Å². The van der Waals surface area contributed by atoms with Gasteiger partial charge in [0.05, 0.1) is 0 Å². The third-order valence-electron chi connectivity index (χ3n) is 3.23. The number of carbonyl (C=O) groups is 2. The van der Waals surface area contributed by atoms with Gasteiger partial charge in [0.25, 0.3) is 5.91 Å². The van der Waals surface area contributed by atoms with Crippen LogP contribution in [0.3, 0.4) is 0 Å². The normalized spacial score (nSPS) is 11.5. The molecule has 5 nitrogen and oxygen atoms in total. The zero-order chi connectivity index (χ0) is 17.5. The molecule has 0 saturated heterocycles. The van der Waals surface area contributed by atoms with E-state index in [2.05, 4.69) is 5.32 Å². The van der Waals surface area contributed by atoms with Crippen LogP contribution in [0.1, 0.15) is 12.5 Å². The Morgan fingerprint density at radius 1 is 1.12 bits per heavy atom. The third-order valence-corrected chi connectivity index (χ3v) is 3.23. The summed E-state index contributed by atoms with van der Waals surface area (Å²) in [7, 11) is 0. The molecule has 0 heterocycles. The van der Waals surface area contributed by atoms with E-state index in [0.29, 0.717) is 11.4 Å². The van der Waals surface area contributed by atoms with Gasteiger partial charge in [-0.3, -0.25) is 4.79 Å². The summed E-state index contributed by atoms with van der Waals surface area (Å²) in [5.74, 6) is -0.982. The zero-order valence-electron chi connectivity index (χ0n) is 13.4. The van der Waals surface area contributed by atoms with E-state index in [4.69, 9.17) is 9.47 Å². The van der Waals surface area contributed by atoms with Gasteiger partial charge in [-0.15, -0.1) is 0 Å². The first-order valence-electron chi connectivity index (χ1n) is 7.40. The highest BCUT2D eigenvalue weighted by molar-refractivity contribution is 5.95. The molecule has 2 rings (SSSR count). The number of hydrogen-bond donors (Lipinski definition) is 1. The summed E-state index contributed by atoms with van der Waals surface area (Å²) in [6.45, 7) is 3.02. The van der Waals surface area contributed by atoms with Crippen molar-refractivity contribution in [2.75, 3.05) is 11.9 Å². The molecule has 1 atom stereocenters. The smallest absolute Gasteiger partial charge is 0.344 e. The predicted octanol–water partition coefficient (Wildman–Crippen LogP) is 3.08. The molecule has 2 aromatic carbocycles. The van der Waals surface area contributed by atoms with Gasteiger partial charge in [0, 0.05) is 5.69 Å². The van der Waals surface area contributed by atoms with E-state index in [-0.39, 0.29) is 6.61 Å². The Morgan fingerprint density at radius 3 is 2.46 bits per heavy atom. The number of ether oxygens (including phenoxy) is 2. The molecular formula is C18H18FNO4. The summed E-state index contributed by atoms with van der Waals surface area (Å²) < 4.78 is 23.2. The van der Waals surface area contributed by atoms with Crippen LogP contribution >= 0.6 is 0 Å². The summed E-state index contributed by atoms with van der Waals surface area (Å²) >= 11 is 0. The Balaban J connectivity index is 1.81. The van der Waals surface area contributed by atoms with Crippen LogP contribution in [-0.4, -0.2) is 24.6 Å². The first-order chi connectivity index (χ1) is 11.5. The minimum atomic E-state index is -0.997. The van der Waals surface area contributed by atoms with Gasteiger partial charge in [0.15, 0.2) is 12.7 Å². The lowest BCUT2D eigenvalue weighted by atomic mass is 10.2. The topological polar surface area (TPSA) is 64.6 Å². The van der Waals surface area contributed by atoms with Crippen molar-refractivity contribution in [3.63, 3.8) is 0 Å². The summed E-state index contributed by atoms with van der Waals surface area (Å²) in [4.78, 5) is 23.7. The van der Waals surface area contributed by atoms with Crippen LogP contribution in [0.25, 0.3) is 0 Å². The minimum absolute atomic E-state index is 0.293. The maximum atomic E-state index is 12.8. The molecule has 0 aliphatic rings. The Morgan fingerprint density at radius 2 is 1.79 bits per heavy atom. The third kappa shape index (κ3) is 5.08. The molecule has 1 amide bonds. The second kappa shape index (κ2) is 8.10. The fourth-order valence-electron chi connectivity index (χ4n) is 1.92. The van der Waals surface area contributed by atoms with Gasteiger partial charge in [-0.25, -0.2) is 9.18 Å². The second-order valence-electron chi connectivity index (χ2n) is 5.18. The average molecular weight is 331 g/mol. The molecule has 24 heavy (non-hydrogen) atoms. The lowest BCUT2D eigenvalue weighted by molar-refractivity contribution is -0.155. The number of amides is 1. The molecule has 1 N–H and O–H groups in total. The van der Waals surface area contributed by atoms with E-state index in [1.54, 1.807) is 12.1 Å². The number of hydrogen-bond acceptors (Lipinski definition) is 4. The number of para-hydroxylation sites is 1. The molecule has 0 aromatic heterocycles. The van der Waals surface area contributed by atoms with Crippen molar-refractivity contribution in [2.45, 2.75) is 20.0 Å². The fourth-order valence-corrected chi connectivity index (χ4v) is 1.92. The van der Waals surface area contributed by atoms with Gasteiger partial charge in [-0.05, 0) is 49.7 Å². The monoisotopic (exact) mass is 331 g/mol. The summed E-state index contributed by atoms with van der Waals surface area (Å²) in [5, 5.41) is 2.53. The molecule has 0 aliphatic heterocycles. The molecular weight excluding hydrogens is 313 g/mol. The maximum absolute atomic E-state index is 12.8. The summed E-state index contributed by atoms with van der Waals surface area (Å²) in [6, 6.07) is 12.6. The lowest BCUT2D eigenvalue weighted by Gasteiger charge is -2.14. The van der Waals surface area contributed by atoms with Crippen molar-refractivity contribution >= 4 is 17.6 Å². The average Bonchev–Trinajstić information content (AvgIpc) is 2.56. The number of nitrogens with one attached hydrogen (secondary N) is 1. The van der Waals surface area contributed by atoms with Crippen molar-refractivity contribution < 1.29 is 23.5 Å². The molecule has 0 fully saturated rings. The zero-order valence-corrected chi connectivity index (χ0v) is 13.4. The first kappa shape index (κ1) is 17.5. The SMILES string of the molecule is Cc1ccccc1OCC(=O)O[C@H](C)C(=O)Nc1ccc(F)cc1. The summed E-state index contributed by atoms with van der Waals surface area (Å²) in [5.41, 5.74) is 1.31. The first-order valence-corrected chi connectivity index (χ1v) is 7.40. The van der Waals surface area contributed by atoms with Crippen LogP contribution < -0.4 is 10.1 Å². The Kier molecular flexibility index (Phi) is 5.89. The van der Waals surface area contributed by atoms with Crippen LogP contribution in [0, 0.1) is 12.7 Å². The standard InChI is InChI=1S/C18H18FNO4/c1-12-5-3-4-6-16(12)23-11-17(21)24-13(2)18(22)20-15-9-7-14(19)8-10-15/h3-10,13H,11H2,1-2H3,(H,20,22)/t13-/m1/s1. The number of aryl methyl sites for hydroxylation is 1. The number of benzene rings is 2. The molecule has 0 radical (unpaired) electrons. The number of carbonyl (C=O) groups excluding carboxylic acids is 2. The number of halogens is 1. The van der Waals surface area contributed by atoms with E-state index in [9.17, 15) is 14.0 Å². The summed E-state index contributed by atoms with van der Waals surface area (Å²) in [6.07, 6.45) is -0.997. The largest absolute Gasteiger partial charge is 0.482 e. The number of rotatable bonds is 6. The van der Waals surface area contributed by atoms with Crippen molar-refractivity contribution in [2.24, 2.45) is 0 Å². The van der Waals surface area contributed by atoms with Crippen LogP contribution in [0.4, 0.5) is 10.1 Å². The van der Waals surface area contributed by atoms with E-state index in [0.717, 1.165) is 5.56 Å². The molecule has 0 aliphatic carbocycles. The van der Waals surface area contributed by atoms with Crippen molar-refractivity contribution in [1.82, 2.24) is 0 Å². The van der Waals surface area contributed by atoms with E-state index < -0.39 is 23.8 Å². The van der Waals surface area contributed by atoms with Gasteiger partial charge in [0.2, 0.25) is 0 Å². The number of esters is 1. The van der Waals surface area contributed by atoms with Crippen LogP contribution in [0.5, 0.6) is 5.75 Å². The Hall–Kier alpha value is -2.89. The molecule has 0 bridgehead atoms. The maximum Gasteiger partial charge on any atom is 0.344 e. The van der Waals surface area contributed by atoms with E-state index >= 15 is 0 Å². The predicted molar refractivity (Wildman–Crippen MR) is 87.3 cm³/mol. The molecule has 0 saturated carbocycles. The van der Waals surface area contributed by atoms with Gasteiger partial charge < -0.3 is 14.8 Å². The van der Waals surface area contributed by atoms with Crippen LogP contribution in [0.15, 0.2) is 48.5 Å². The second-order valence-corrected chi connectivity index (χ2v) is 5.18. The van der Waals surface area contributed by atoms with Crippen LogP contribution in [-0.2, 0) is 14.3 Å². The molecule has 6 heteroatoms. The Bertz CT molecular complexity index is 715. The van der Waals surface area contributed by atoms with Gasteiger partial charge in [-0.1, -0.05) is 18.2 Å². The highest BCUT2D eigenvalue weighted by Gasteiger charge is 2.18. The van der Waals surface area contributed by atoms with Crippen molar-refractivity contribution in [3.8, 4) is 5.75 Å². The molecule has 2 aromatic rings. The lowest BCUT2D eigenvalue weighted by Crippen LogP contribution is -2.31. The van der Waals surface area contributed by atoms with Crippen molar-refractivity contribution in [1.29, 1.82) is 0 Å². The fraction of sp³-hybridized carbons (Fsp3) is 0.222. The minimum Gasteiger partial charge on any atom is -0.482 e. The molecule has 0 unspecified atom stereocenters.